The van der Waals surface area contributed by atoms with Crippen molar-refractivity contribution >= 4 is 40.2 Å². The second-order valence-electron chi connectivity index (χ2n) is 6.21. The van der Waals surface area contributed by atoms with Crippen LogP contribution >= 0.6 is 11.6 Å². The van der Waals surface area contributed by atoms with Gasteiger partial charge in [-0.25, -0.2) is 0 Å². The summed E-state index contributed by atoms with van der Waals surface area (Å²) in [5.41, 5.74) is -0.509. The number of carbonyl (C=O) groups excluding carboxylic acids is 2. The maximum absolute atomic E-state index is 12.7. The third-order valence-electron chi connectivity index (χ3n) is 4.07. The number of carboxylic acids is 1. The zero-order valence-electron chi connectivity index (χ0n) is 12.6. The van der Waals surface area contributed by atoms with Gasteiger partial charge in [-0.2, -0.15) is 0 Å². The van der Waals surface area contributed by atoms with Gasteiger partial charge < -0.3 is 5.11 Å². The molecule has 0 aromatic heterocycles. The number of carboxylic acid groups (broad SMARTS) is 1. The number of hydrogen-bond donors (Lipinski definition) is 1. The second-order valence-corrected chi connectivity index (χ2v) is 6.62. The minimum absolute atomic E-state index is 0.196. The molecule has 0 spiro atoms. The Labute approximate surface area is 137 Å². The first kappa shape index (κ1) is 15.5. The Hall–Kier alpha value is -2.40. The predicted molar refractivity (Wildman–Crippen MR) is 85.7 cm³/mol. The summed E-state index contributed by atoms with van der Waals surface area (Å²) in [5, 5.41) is 10.9. The standard InChI is InChI=1S/C17H14ClNO4/c1-17(2,16(22)23)8-19-14(20)10-5-3-4-9-12(18)7-6-11(13(9)10)15(19)21/h3-7H,8H2,1-2H3,(H,22,23). The quantitative estimate of drug-likeness (QED) is 0.876. The molecule has 0 saturated heterocycles. The Morgan fingerprint density at radius 3 is 2.35 bits per heavy atom. The number of halogens is 1. The molecule has 0 radical (unpaired) electrons. The highest BCUT2D eigenvalue weighted by Crippen LogP contribution is 2.35. The Morgan fingerprint density at radius 1 is 1.13 bits per heavy atom. The van der Waals surface area contributed by atoms with Gasteiger partial charge in [-0.05, 0) is 32.0 Å². The third-order valence-corrected chi connectivity index (χ3v) is 4.40. The number of rotatable bonds is 3. The minimum atomic E-state index is -1.23. The zero-order valence-corrected chi connectivity index (χ0v) is 13.3. The lowest BCUT2D eigenvalue weighted by Crippen LogP contribution is -2.47. The van der Waals surface area contributed by atoms with Crippen molar-refractivity contribution in [2.45, 2.75) is 13.8 Å². The topological polar surface area (TPSA) is 74.7 Å². The Bertz CT molecular complexity index is 850. The van der Waals surface area contributed by atoms with E-state index in [0.717, 1.165) is 4.90 Å². The van der Waals surface area contributed by atoms with Crippen LogP contribution in [0, 0.1) is 5.41 Å². The van der Waals surface area contributed by atoms with Gasteiger partial charge in [0.15, 0.2) is 0 Å². The molecule has 0 saturated carbocycles. The smallest absolute Gasteiger partial charge is 0.310 e. The lowest BCUT2D eigenvalue weighted by molar-refractivity contribution is -0.147. The normalized spacial score (nSPS) is 14.5. The molecule has 0 bridgehead atoms. The summed E-state index contributed by atoms with van der Waals surface area (Å²) in [6, 6.07) is 8.25. The van der Waals surface area contributed by atoms with E-state index in [9.17, 15) is 19.5 Å². The molecular weight excluding hydrogens is 318 g/mol. The van der Waals surface area contributed by atoms with Gasteiger partial charge in [-0.1, -0.05) is 23.7 Å². The average molecular weight is 332 g/mol. The number of imide groups is 1. The van der Waals surface area contributed by atoms with Crippen molar-refractivity contribution < 1.29 is 19.5 Å². The van der Waals surface area contributed by atoms with Gasteiger partial charge >= 0.3 is 5.97 Å². The number of benzene rings is 2. The average Bonchev–Trinajstić information content (AvgIpc) is 2.50. The van der Waals surface area contributed by atoms with Gasteiger partial charge in [0.2, 0.25) is 0 Å². The van der Waals surface area contributed by atoms with Crippen molar-refractivity contribution in [2.24, 2.45) is 5.41 Å². The fourth-order valence-corrected chi connectivity index (χ4v) is 2.94. The Balaban J connectivity index is 2.17. The van der Waals surface area contributed by atoms with Gasteiger partial charge in [0.25, 0.3) is 11.8 Å². The summed E-state index contributed by atoms with van der Waals surface area (Å²) < 4.78 is 0. The van der Waals surface area contributed by atoms with Crippen molar-refractivity contribution in [1.29, 1.82) is 0 Å². The van der Waals surface area contributed by atoms with E-state index < -0.39 is 23.2 Å². The number of hydrogen-bond acceptors (Lipinski definition) is 3. The van der Waals surface area contributed by atoms with E-state index in [0.29, 0.717) is 26.9 Å². The molecule has 2 aromatic carbocycles. The molecule has 1 heterocycles. The van der Waals surface area contributed by atoms with Crippen molar-refractivity contribution in [3.8, 4) is 0 Å². The summed E-state index contributed by atoms with van der Waals surface area (Å²) in [5.74, 6) is -2.06. The van der Waals surface area contributed by atoms with E-state index in [-0.39, 0.29) is 6.54 Å². The first-order valence-electron chi connectivity index (χ1n) is 7.05. The molecule has 5 nitrogen and oxygen atoms in total. The van der Waals surface area contributed by atoms with Gasteiger partial charge in [-0.3, -0.25) is 19.3 Å². The highest BCUT2D eigenvalue weighted by atomic mass is 35.5. The second kappa shape index (κ2) is 5.06. The molecule has 1 aliphatic rings. The molecule has 0 fully saturated rings. The maximum Gasteiger partial charge on any atom is 0.310 e. The summed E-state index contributed by atoms with van der Waals surface area (Å²) in [6.07, 6.45) is 0. The predicted octanol–water partition coefficient (Wildman–Crippen LogP) is 3.20. The van der Waals surface area contributed by atoms with Crippen LogP contribution in [0.5, 0.6) is 0 Å². The summed E-state index contributed by atoms with van der Waals surface area (Å²) in [4.78, 5) is 37.7. The van der Waals surface area contributed by atoms with Gasteiger partial charge in [0, 0.05) is 33.5 Å². The molecule has 0 aliphatic carbocycles. The number of nitrogens with zero attached hydrogens (tertiary/aromatic N) is 1. The summed E-state index contributed by atoms with van der Waals surface area (Å²) >= 11 is 6.15. The summed E-state index contributed by atoms with van der Waals surface area (Å²) in [6.45, 7) is 2.76. The molecule has 6 heteroatoms. The maximum atomic E-state index is 12.7. The van der Waals surface area contributed by atoms with Crippen LogP contribution in [-0.4, -0.2) is 34.3 Å². The fourth-order valence-electron chi connectivity index (χ4n) is 2.72. The largest absolute Gasteiger partial charge is 0.481 e. The lowest BCUT2D eigenvalue weighted by atomic mass is 9.89. The van der Waals surface area contributed by atoms with E-state index in [1.54, 1.807) is 30.3 Å². The number of aliphatic carboxylic acids is 1. The number of amides is 2. The van der Waals surface area contributed by atoms with Crippen LogP contribution in [0.4, 0.5) is 0 Å². The molecule has 2 aromatic rings. The molecular formula is C17H14ClNO4. The minimum Gasteiger partial charge on any atom is -0.481 e. The lowest BCUT2D eigenvalue weighted by Gasteiger charge is -2.32. The van der Waals surface area contributed by atoms with Gasteiger partial charge in [0.05, 0.1) is 5.41 Å². The fraction of sp³-hybridized carbons (Fsp3) is 0.235. The molecule has 1 N–H and O–H groups in total. The van der Waals surface area contributed by atoms with Crippen LogP contribution in [0.1, 0.15) is 34.6 Å². The van der Waals surface area contributed by atoms with E-state index in [4.69, 9.17) is 11.6 Å². The highest BCUT2D eigenvalue weighted by molar-refractivity contribution is 6.38. The number of carbonyl (C=O) groups is 3. The molecule has 1 aliphatic heterocycles. The van der Waals surface area contributed by atoms with Crippen molar-refractivity contribution in [2.75, 3.05) is 6.54 Å². The van der Waals surface area contributed by atoms with E-state index in [1.807, 2.05) is 0 Å². The van der Waals surface area contributed by atoms with Gasteiger partial charge in [0.1, 0.15) is 0 Å². The molecule has 23 heavy (non-hydrogen) atoms. The Morgan fingerprint density at radius 2 is 1.74 bits per heavy atom. The van der Waals surface area contributed by atoms with Crippen LogP contribution in [0.3, 0.4) is 0 Å². The van der Waals surface area contributed by atoms with Crippen molar-refractivity contribution in [3.05, 3.63) is 46.5 Å². The first-order valence-corrected chi connectivity index (χ1v) is 7.42. The molecule has 0 unspecified atom stereocenters. The van der Waals surface area contributed by atoms with Crippen molar-refractivity contribution in [3.63, 3.8) is 0 Å². The van der Waals surface area contributed by atoms with Crippen LogP contribution in [-0.2, 0) is 4.79 Å². The Kier molecular flexibility index (Phi) is 3.41. The molecule has 118 valence electrons. The van der Waals surface area contributed by atoms with Crippen LogP contribution in [0.25, 0.3) is 10.8 Å². The van der Waals surface area contributed by atoms with Crippen LogP contribution < -0.4 is 0 Å². The first-order chi connectivity index (χ1) is 10.7. The van der Waals surface area contributed by atoms with Crippen LogP contribution in [0.2, 0.25) is 5.02 Å². The van der Waals surface area contributed by atoms with Gasteiger partial charge in [-0.15, -0.1) is 0 Å². The van der Waals surface area contributed by atoms with E-state index >= 15 is 0 Å². The summed E-state index contributed by atoms with van der Waals surface area (Å²) in [7, 11) is 0. The molecule has 3 rings (SSSR count). The van der Waals surface area contributed by atoms with Crippen LogP contribution in [0.15, 0.2) is 30.3 Å². The third kappa shape index (κ3) is 2.28. The molecule has 2 amide bonds. The molecule has 0 atom stereocenters. The van der Waals surface area contributed by atoms with E-state index in [1.165, 1.54) is 13.8 Å². The van der Waals surface area contributed by atoms with E-state index in [2.05, 4.69) is 0 Å². The monoisotopic (exact) mass is 331 g/mol. The van der Waals surface area contributed by atoms with Crippen molar-refractivity contribution in [1.82, 2.24) is 4.90 Å². The SMILES string of the molecule is CC(C)(CN1C(=O)c2cccc3c(Cl)ccc(c23)C1=O)C(=O)O. The highest BCUT2D eigenvalue weighted by Gasteiger charge is 2.39. The zero-order chi connectivity index (χ0) is 16.9.